The second-order valence-corrected chi connectivity index (χ2v) is 4.30. The normalized spacial score (nSPS) is 13.1. The van der Waals surface area contributed by atoms with E-state index in [1.807, 2.05) is 30.3 Å². The number of amides is 1. The van der Waals surface area contributed by atoms with Gasteiger partial charge in [-0.15, -0.1) is 0 Å². The molecule has 0 heterocycles. The number of benzene rings is 1. The SMILES string of the molecule is CCOC(=O)C(NC=O)/C(O)=C(/C)Cc1ccccc1. The number of rotatable bonds is 7. The summed E-state index contributed by atoms with van der Waals surface area (Å²) in [5.41, 5.74) is 1.61. The molecule has 0 aliphatic carbocycles. The highest BCUT2D eigenvalue weighted by Crippen LogP contribution is 2.13. The molecule has 0 aliphatic rings. The molecule has 1 amide bonds. The Balaban J connectivity index is 2.90. The first-order valence-electron chi connectivity index (χ1n) is 6.39. The predicted octanol–water partition coefficient (Wildman–Crippen LogP) is 1.74. The number of ether oxygens (including phenoxy) is 1. The first-order chi connectivity index (χ1) is 9.60. The van der Waals surface area contributed by atoms with E-state index >= 15 is 0 Å². The van der Waals surface area contributed by atoms with Crippen LogP contribution in [0.15, 0.2) is 41.7 Å². The van der Waals surface area contributed by atoms with Crippen LogP contribution in [0.1, 0.15) is 19.4 Å². The molecule has 1 aromatic carbocycles. The molecule has 0 spiro atoms. The van der Waals surface area contributed by atoms with Gasteiger partial charge in [-0.1, -0.05) is 30.3 Å². The van der Waals surface area contributed by atoms with E-state index in [1.54, 1.807) is 13.8 Å². The van der Waals surface area contributed by atoms with Crippen LogP contribution < -0.4 is 5.32 Å². The van der Waals surface area contributed by atoms with Gasteiger partial charge in [0.15, 0.2) is 6.04 Å². The average molecular weight is 277 g/mol. The molecule has 0 fully saturated rings. The van der Waals surface area contributed by atoms with Crippen LogP contribution >= 0.6 is 0 Å². The van der Waals surface area contributed by atoms with Crippen LogP contribution in [0.2, 0.25) is 0 Å². The van der Waals surface area contributed by atoms with Crippen molar-refractivity contribution in [3.05, 3.63) is 47.2 Å². The molecule has 20 heavy (non-hydrogen) atoms. The number of aliphatic hydroxyl groups is 1. The third-order valence-electron chi connectivity index (χ3n) is 2.78. The fourth-order valence-corrected chi connectivity index (χ4v) is 1.79. The second-order valence-electron chi connectivity index (χ2n) is 4.30. The van der Waals surface area contributed by atoms with E-state index in [1.165, 1.54) is 0 Å². The number of nitrogens with one attached hydrogen (secondary N) is 1. The van der Waals surface area contributed by atoms with Gasteiger partial charge in [0.05, 0.1) is 6.61 Å². The van der Waals surface area contributed by atoms with Crippen molar-refractivity contribution in [3.8, 4) is 0 Å². The Bertz CT molecular complexity index is 482. The molecule has 0 bridgehead atoms. The molecule has 5 heteroatoms. The van der Waals surface area contributed by atoms with Crippen LogP contribution in [-0.2, 0) is 20.7 Å². The Morgan fingerprint density at radius 3 is 2.60 bits per heavy atom. The third kappa shape index (κ3) is 4.42. The van der Waals surface area contributed by atoms with Gasteiger partial charge in [0.2, 0.25) is 6.41 Å². The Morgan fingerprint density at radius 1 is 1.40 bits per heavy atom. The van der Waals surface area contributed by atoms with E-state index in [2.05, 4.69) is 5.32 Å². The maximum Gasteiger partial charge on any atom is 0.336 e. The summed E-state index contributed by atoms with van der Waals surface area (Å²) in [6.45, 7) is 3.55. The maximum atomic E-state index is 11.7. The standard InChI is InChI=1S/C15H19NO4/c1-3-20-15(19)13(16-10-17)14(18)11(2)9-12-7-5-4-6-8-12/h4-8,10,13,18H,3,9H2,1-2H3,(H,16,17)/b14-11+. The summed E-state index contributed by atoms with van der Waals surface area (Å²) in [6, 6.07) is 8.37. The predicted molar refractivity (Wildman–Crippen MR) is 75.1 cm³/mol. The van der Waals surface area contributed by atoms with Gasteiger partial charge in [-0.2, -0.15) is 0 Å². The average Bonchev–Trinajstić information content (AvgIpc) is 2.45. The van der Waals surface area contributed by atoms with E-state index in [-0.39, 0.29) is 12.4 Å². The largest absolute Gasteiger partial charge is 0.510 e. The van der Waals surface area contributed by atoms with E-state index < -0.39 is 12.0 Å². The van der Waals surface area contributed by atoms with Crippen LogP contribution in [0, 0.1) is 0 Å². The zero-order valence-corrected chi connectivity index (χ0v) is 11.6. The lowest BCUT2D eigenvalue weighted by molar-refractivity contribution is -0.146. The highest BCUT2D eigenvalue weighted by atomic mass is 16.5. The van der Waals surface area contributed by atoms with Crippen molar-refractivity contribution in [3.63, 3.8) is 0 Å². The smallest absolute Gasteiger partial charge is 0.336 e. The number of hydrogen-bond donors (Lipinski definition) is 2. The van der Waals surface area contributed by atoms with Crippen molar-refractivity contribution in [1.29, 1.82) is 0 Å². The summed E-state index contributed by atoms with van der Waals surface area (Å²) < 4.78 is 4.82. The van der Waals surface area contributed by atoms with Crippen molar-refractivity contribution >= 4 is 12.4 Å². The summed E-state index contributed by atoms with van der Waals surface area (Å²) in [5.74, 6) is -0.857. The van der Waals surface area contributed by atoms with Crippen LogP contribution in [0.5, 0.6) is 0 Å². The number of carbonyl (C=O) groups excluding carboxylic acids is 2. The molecule has 1 rings (SSSR count). The summed E-state index contributed by atoms with van der Waals surface area (Å²) in [4.78, 5) is 22.3. The Kier molecular flexibility index (Phi) is 6.29. The maximum absolute atomic E-state index is 11.7. The second kappa shape index (κ2) is 7.99. The molecule has 1 unspecified atom stereocenters. The van der Waals surface area contributed by atoms with Crippen molar-refractivity contribution in [1.82, 2.24) is 5.32 Å². The first kappa shape index (κ1) is 15.8. The molecule has 0 saturated carbocycles. The molecule has 0 radical (unpaired) electrons. The quantitative estimate of drug-likeness (QED) is 0.452. The minimum Gasteiger partial charge on any atom is -0.510 e. The number of esters is 1. The molecule has 0 aromatic heterocycles. The lowest BCUT2D eigenvalue weighted by Crippen LogP contribution is -2.39. The van der Waals surface area contributed by atoms with Gasteiger partial charge < -0.3 is 15.2 Å². The van der Waals surface area contributed by atoms with Gasteiger partial charge in [-0.05, 0) is 31.4 Å². The highest BCUT2D eigenvalue weighted by molar-refractivity contribution is 5.81. The Hall–Kier alpha value is -2.30. The van der Waals surface area contributed by atoms with Crippen LogP contribution in [0.25, 0.3) is 0 Å². The molecule has 2 N–H and O–H groups in total. The van der Waals surface area contributed by atoms with Gasteiger partial charge in [-0.3, -0.25) is 4.79 Å². The van der Waals surface area contributed by atoms with Crippen LogP contribution in [0.3, 0.4) is 0 Å². The monoisotopic (exact) mass is 277 g/mol. The molecular weight excluding hydrogens is 258 g/mol. The fourth-order valence-electron chi connectivity index (χ4n) is 1.79. The minimum absolute atomic E-state index is 0.181. The van der Waals surface area contributed by atoms with Gasteiger partial charge in [0.25, 0.3) is 0 Å². The number of hydrogen-bond acceptors (Lipinski definition) is 4. The fraction of sp³-hybridized carbons (Fsp3) is 0.333. The topological polar surface area (TPSA) is 75.6 Å². The van der Waals surface area contributed by atoms with E-state index in [9.17, 15) is 14.7 Å². The zero-order valence-electron chi connectivity index (χ0n) is 11.6. The zero-order chi connectivity index (χ0) is 15.0. The molecule has 1 atom stereocenters. The number of allylic oxidation sites excluding steroid dienone is 1. The molecule has 0 saturated heterocycles. The van der Waals surface area contributed by atoms with Crippen LogP contribution in [-0.4, -0.2) is 30.1 Å². The Morgan fingerprint density at radius 2 is 2.05 bits per heavy atom. The number of carbonyl (C=O) groups is 2. The van der Waals surface area contributed by atoms with Crippen molar-refractivity contribution in [2.24, 2.45) is 0 Å². The number of aliphatic hydroxyl groups excluding tert-OH is 1. The lowest BCUT2D eigenvalue weighted by Gasteiger charge is -2.16. The molecular formula is C15H19NO4. The summed E-state index contributed by atoms with van der Waals surface area (Å²) >= 11 is 0. The van der Waals surface area contributed by atoms with Gasteiger partial charge in [0.1, 0.15) is 5.76 Å². The third-order valence-corrected chi connectivity index (χ3v) is 2.78. The summed E-state index contributed by atoms with van der Waals surface area (Å²) in [6.07, 6.45) is 0.858. The molecule has 5 nitrogen and oxygen atoms in total. The summed E-state index contributed by atoms with van der Waals surface area (Å²) in [7, 11) is 0. The van der Waals surface area contributed by atoms with Gasteiger partial charge >= 0.3 is 5.97 Å². The molecule has 108 valence electrons. The Labute approximate surface area is 118 Å². The summed E-state index contributed by atoms with van der Waals surface area (Å²) in [5, 5.41) is 12.4. The van der Waals surface area contributed by atoms with Gasteiger partial charge in [-0.25, -0.2) is 4.79 Å². The minimum atomic E-state index is -1.16. The van der Waals surface area contributed by atoms with E-state index in [0.29, 0.717) is 18.4 Å². The van der Waals surface area contributed by atoms with Gasteiger partial charge in [0, 0.05) is 0 Å². The highest BCUT2D eigenvalue weighted by Gasteiger charge is 2.25. The first-order valence-corrected chi connectivity index (χ1v) is 6.39. The molecule has 1 aromatic rings. The van der Waals surface area contributed by atoms with Crippen molar-refractivity contribution in [2.75, 3.05) is 6.61 Å². The molecule has 0 aliphatic heterocycles. The van der Waals surface area contributed by atoms with Crippen molar-refractivity contribution in [2.45, 2.75) is 26.3 Å². The van der Waals surface area contributed by atoms with E-state index in [4.69, 9.17) is 4.74 Å². The van der Waals surface area contributed by atoms with E-state index in [0.717, 1.165) is 5.56 Å². The van der Waals surface area contributed by atoms with Crippen molar-refractivity contribution < 1.29 is 19.4 Å². The van der Waals surface area contributed by atoms with Crippen LogP contribution in [0.4, 0.5) is 0 Å². The lowest BCUT2D eigenvalue weighted by atomic mass is 10.0.